The number of benzene rings is 1. The average Bonchev–Trinajstić information content (AvgIpc) is 2.12. The van der Waals surface area contributed by atoms with Crippen LogP contribution in [0.15, 0.2) is 30.9 Å². The summed E-state index contributed by atoms with van der Waals surface area (Å²) < 4.78 is 18.2. The number of hydrogen-bond donors (Lipinski definition) is 0. The number of halogens is 1. The van der Waals surface area contributed by atoms with Crippen molar-refractivity contribution in [2.75, 3.05) is 6.61 Å². The van der Waals surface area contributed by atoms with Crippen molar-refractivity contribution < 1.29 is 9.13 Å². The Morgan fingerprint density at radius 2 is 2.31 bits per heavy atom. The van der Waals surface area contributed by atoms with E-state index in [2.05, 4.69) is 6.58 Å². The zero-order valence-electron chi connectivity index (χ0n) is 7.72. The maximum atomic E-state index is 13.0. The summed E-state index contributed by atoms with van der Waals surface area (Å²) in [7, 11) is 0. The summed E-state index contributed by atoms with van der Waals surface area (Å²) in [6.45, 7) is 5.93. The van der Waals surface area contributed by atoms with Crippen LogP contribution in [0.5, 0.6) is 5.75 Å². The first-order valence-corrected chi connectivity index (χ1v) is 4.30. The lowest BCUT2D eigenvalue weighted by Crippen LogP contribution is -1.95. The molecular formula is C11H13FO. The molecule has 0 spiro atoms. The van der Waals surface area contributed by atoms with Crippen molar-refractivity contribution in [1.82, 2.24) is 0 Å². The third-order valence-corrected chi connectivity index (χ3v) is 1.68. The highest BCUT2D eigenvalue weighted by molar-refractivity contribution is 5.31. The third-order valence-electron chi connectivity index (χ3n) is 1.68. The Morgan fingerprint density at radius 3 is 2.92 bits per heavy atom. The van der Waals surface area contributed by atoms with Crippen LogP contribution in [0.1, 0.15) is 12.5 Å². The maximum absolute atomic E-state index is 13.0. The summed E-state index contributed by atoms with van der Waals surface area (Å²) in [6, 6.07) is 4.86. The van der Waals surface area contributed by atoms with E-state index in [1.54, 1.807) is 18.2 Å². The Hall–Kier alpha value is -1.31. The van der Waals surface area contributed by atoms with E-state index in [-0.39, 0.29) is 5.82 Å². The molecule has 1 aromatic rings. The molecule has 0 radical (unpaired) electrons. The molecule has 0 aliphatic heterocycles. The minimum absolute atomic E-state index is 0.310. The van der Waals surface area contributed by atoms with E-state index in [9.17, 15) is 4.39 Å². The van der Waals surface area contributed by atoms with E-state index in [1.165, 1.54) is 6.07 Å². The van der Waals surface area contributed by atoms with Crippen LogP contribution in [0.25, 0.3) is 0 Å². The lowest BCUT2D eigenvalue weighted by atomic mass is 10.1. The van der Waals surface area contributed by atoms with E-state index >= 15 is 0 Å². The monoisotopic (exact) mass is 180 g/mol. The van der Waals surface area contributed by atoms with Gasteiger partial charge < -0.3 is 4.74 Å². The van der Waals surface area contributed by atoms with Gasteiger partial charge in [-0.3, -0.25) is 0 Å². The molecule has 0 aliphatic carbocycles. The van der Waals surface area contributed by atoms with Crippen molar-refractivity contribution in [1.29, 1.82) is 0 Å². The molecule has 70 valence electrons. The lowest BCUT2D eigenvalue weighted by molar-refractivity contribution is 0.321. The second kappa shape index (κ2) is 4.65. The van der Waals surface area contributed by atoms with Gasteiger partial charge in [0.25, 0.3) is 0 Å². The van der Waals surface area contributed by atoms with Crippen LogP contribution < -0.4 is 4.74 Å². The van der Waals surface area contributed by atoms with E-state index in [1.807, 2.05) is 6.92 Å². The SMILES string of the molecule is C=CCc1ccc(F)c(OCC)c1. The number of hydrogen-bond acceptors (Lipinski definition) is 1. The van der Waals surface area contributed by atoms with Gasteiger partial charge in [-0.05, 0) is 31.0 Å². The highest BCUT2D eigenvalue weighted by Gasteiger charge is 2.02. The first-order chi connectivity index (χ1) is 6.27. The topological polar surface area (TPSA) is 9.23 Å². The molecule has 1 aromatic carbocycles. The molecule has 1 nitrogen and oxygen atoms in total. The van der Waals surface area contributed by atoms with Crippen LogP contribution in [-0.4, -0.2) is 6.61 Å². The maximum Gasteiger partial charge on any atom is 0.165 e. The van der Waals surface area contributed by atoms with Gasteiger partial charge in [0.1, 0.15) is 0 Å². The van der Waals surface area contributed by atoms with Gasteiger partial charge in [0.05, 0.1) is 6.61 Å². The summed E-state index contributed by atoms with van der Waals surface area (Å²) in [5.41, 5.74) is 1.01. The minimum atomic E-state index is -0.310. The van der Waals surface area contributed by atoms with Gasteiger partial charge in [-0.25, -0.2) is 4.39 Å². The van der Waals surface area contributed by atoms with Crippen molar-refractivity contribution in [3.05, 3.63) is 42.2 Å². The molecule has 0 aromatic heterocycles. The van der Waals surface area contributed by atoms with Gasteiger partial charge in [-0.2, -0.15) is 0 Å². The standard InChI is InChI=1S/C11H13FO/c1-3-5-9-6-7-10(12)11(8-9)13-4-2/h3,6-8H,1,4-5H2,2H3. The van der Waals surface area contributed by atoms with Crippen LogP contribution in [0.4, 0.5) is 4.39 Å². The van der Waals surface area contributed by atoms with Crippen LogP contribution in [-0.2, 0) is 6.42 Å². The predicted molar refractivity (Wildman–Crippen MR) is 51.5 cm³/mol. The normalized spacial score (nSPS) is 9.69. The van der Waals surface area contributed by atoms with Gasteiger partial charge in [0.15, 0.2) is 11.6 Å². The fourth-order valence-electron chi connectivity index (χ4n) is 1.11. The largest absolute Gasteiger partial charge is 0.491 e. The molecule has 0 saturated heterocycles. The Morgan fingerprint density at radius 1 is 1.54 bits per heavy atom. The summed E-state index contributed by atoms with van der Waals surface area (Å²) in [6.07, 6.45) is 2.52. The molecule has 0 N–H and O–H groups in total. The average molecular weight is 180 g/mol. The number of allylic oxidation sites excluding steroid dienone is 1. The van der Waals surface area contributed by atoms with Gasteiger partial charge in [-0.15, -0.1) is 6.58 Å². The molecule has 0 amide bonds. The van der Waals surface area contributed by atoms with E-state index in [0.29, 0.717) is 12.4 Å². The van der Waals surface area contributed by atoms with Gasteiger partial charge in [-0.1, -0.05) is 12.1 Å². The van der Waals surface area contributed by atoms with E-state index in [0.717, 1.165) is 12.0 Å². The van der Waals surface area contributed by atoms with Crippen molar-refractivity contribution >= 4 is 0 Å². The molecule has 2 heteroatoms. The highest BCUT2D eigenvalue weighted by Crippen LogP contribution is 2.19. The first kappa shape index (κ1) is 9.78. The second-order valence-electron chi connectivity index (χ2n) is 2.69. The Labute approximate surface area is 77.8 Å². The summed E-state index contributed by atoms with van der Waals surface area (Å²) in [4.78, 5) is 0. The smallest absolute Gasteiger partial charge is 0.165 e. The molecule has 0 saturated carbocycles. The van der Waals surface area contributed by atoms with E-state index < -0.39 is 0 Å². The molecule has 0 fully saturated rings. The highest BCUT2D eigenvalue weighted by atomic mass is 19.1. The fraction of sp³-hybridized carbons (Fsp3) is 0.273. The van der Waals surface area contributed by atoms with Crippen LogP contribution >= 0.6 is 0 Å². The first-order valence-electron chi connectivity index (χ1n) is 4.30. The molecule has 0 bridgehead atoms. The van der Waals surface area contributed by atoms with Crippen LogP contribution in [0, 0.1) is 5.82 Å². The molecule has 0 unspecified atom stereocenters. The zero-order chi connectivity index (χ0) is 9.68. The molecule has 0 heterocycles. The molecule has 1 rings (SSSR count). The third kappa shape index (κ3) is 2.58. The quantitative estimate of drug-likeness (QED) is 0.647. The minimum Gasteiger partial charge on any atom is -0.491 e. The van der Waals surface area contributed by atoms with Crippen molar-refractivity contribution in [2.45, 2.75) is 13.3 Å². The van der Waals surface area contributed by atoms with Crippen LogP contribution in [0.3, 0.4) is 0 Å². The van der Waals surface area contributed by atoms with Gasteiger partial charge in [0.2, 0.25) is 0 Å². The summed E-state index contributed by atoms with van der Waals surface area (Å²) >= 11 is 0. The summed E-state index contributed by atoms with van der Waals surface area (Å²) in [5, 5.41) is 0. The van der Waals surface area contributed by atoms with Crippen molar-refractivity contribution in [3.8, 4) is 5.75 Å². The zero-order valence-corrected chi connectivity index (χ0v) is 7.72. The Bertz CT molecular complexity index is 294. The van der Waals surface area contributed by atoms with Gasteiger partial charge >= 0.3 is 0 Å². The molecule has 13 heavy (non-hydrogen) atoms. The number of rotatable bonds is 4. The Balaban J connectivity index is 2.89. The second-order valence-corrected chi connectivity index (χ2v) is 2.69. The van der Waals surface area contributed by atoms with Crippen molar-refractivity contribution in [3.63, 3.8) is 0 Å². The molecule has 0 atom stereocenters. The Kier molecular flexibility index (Phi) is 3.50. The lowest BCUT2D eigenvalue weighted by Gasteiger charge is -2.05. The fourth-order valence-corrected chi connectivity index (χ4v) is 1.11. The van der Waals surface area contributed by atoms with Gasteiger partial charge in [0, 0.05) is 0 Å². The number of ether oxygens (including phenoxy) is 1. The van der Waals surface area contributed by atoms with Crippen LogP contribution in [0.2, 0.25) is 0 Å². The van der Waals surface area contributed by atoms with Crippen molar-refractivity contribution in [2.24, 2.45) is 0 Å². The predicted octanol–water partition coefficient (Wildman–Crippen LogP) is 2.95. The van der Waals surface area contributed by atoms with E-state index in [4.69, 9.17) is 4.74 Å². The summed E-state index contributed by atoms with van der Waals surface area (Å²) in [5.74, 6) is 0.0107. The molecule has 0 aliphatic rings. The molecular weight excluding hydrogens is 167 g/mol.